The van der Waals surface area contributed by atoms with Gasteiger partial charge in [0.15, 0.2) is 0 Å². The van der Waals surface area contributed by atoms with Gasteiger partial charge in [-0.1, -0.05) is 20.8 Å². The summed E-state index contributed by atoms with van der Waals surface area (Å²) < 4.78 is 0. The van der Waals surface area contributed by atoms with E-state index in [-0.39, 0.29) is 5.92 Å². The summed E-state index contributed by atoms with van der Waals surface area (Å²) in [4.78, 5) is 2.41. The first-order valence-electron chi connectivity index (χ1n) is 6.78. The molecule has 1 rings (SSSR count). The molecule has 0 radical (unpaired) electrons. The van der Waals surface area contributed by atoms with Crippen LogP contribution >= 0.6 is 0 Å². The summed E-state index contributed by atoms with van der Waals surface area (Å²) in [5.41, 5.74) is 0.332. The van der Waals surface area contributed by atoms with Gasteiger partial charge < -0.3 is 10.2 Å². The number of nitrogens with zero attached hydrogens (tertiary/aromatic N) is 2. The maximum Gasteiger partial charge on any atom is 0.0669 e. The minimum absolute atomic E-state index is 0.164. The predicted molar refractivity (Wildman–Crippen MR) is 71.6 cm³/mol. The van der Waals surface area contributed by atoms with E-state index >= 15 is 0 Å². The third kappa shape index (κ3) is 4.29. The monoisotopic (exact) mass is 237 g/mol. The molecule has 2 atom stereocenters. The maximum atomic E-state index is 8.91. The zero-order valence-electron chi connectivity index (χ0n) is 11.8. The average molecular weight is 237 g/mol. The molecule has 3 nitrogen and oxygen atoms in total. The van der Waals surface area contributed by atoms with Crippen molar-refractivity contribution in [2.24, 2.45) is 17.3 Å². The van der Waals surface area contributed by atoms with Crippen LogP contribution < -0.4 is 5.32 Å². The maximum absolute atomic E-state index is 8.91. The molecule has 0 spiro atoms. The Morgan fingerprint density at radius 3 is 2.71 bits per heavy atom. The van der Waals surface area contributed by atoms with E-state index in [1.165, 1.54) is 19.5 Å². The highest BCUT2D eigenvalue weighted by Crippen LogP contribution is 2.33. The predicted octanol–water partition coefficient (Wildman–Crippen LogP) is 2.10. The minimum Gasteiger partial charge on any atom is -0.315 e. The summed E-state index contributed by atoms with van der Waals surface area (Å²) in [6.45, 7) is 11.1. The van der Waals surface area contributed by atoms with E-state index in [0.717, 1.165) is 25.4 Å². The third-order valence-corrected chi connectivity index (χ3v) is 4.14. The third-order valence-electron chi connectivity index (χ3n) is 4.14. The van der Waals surface area contributed by atoms with Crippen LogP contribution in [-0.4, -0.2) is 38.1 Å². The Balaban J connectivity index is 2.32. The van der Waals surface area contributed by atoms with Gasteiger partial charge in [0.1, 0.15) is 0 Å². The molecular weight excluding hydrogens is 210 g/mol. The topological polar surface area (TPSA) is 39.1 Å². The molecule has 0 amide bonds. The van der Waals surface area contributed by atoms with Crippen LogP contribution in [-0.2, 0) is 0 Å². The lowest BCUT2D eigenvalue weighted by Crippen LogP contribution is -2.38. The van der Waals surface area contributed by atoms with Gasteiger partial charge in [-0.05, 0) is 37.8 Å². The molecule has 0 bridgehead atoms. The number of rotatable bonds is 6. The van der Waals surface area contributed by atoms with Gasteiger partial charge in [0.2, 0.25) is 0 Å². The summed E-state index contributed by atoms with van der Waals surface area (Å²) in [6, 6.07) is 2.34. The summed E-state index contributed by atoms with van der Waals surface area (Å²) in [5, 5.41) is 12.4. The van der Waals surface area contributed by atoms with Crippen LogP contribution in [0, 0.1) is 28.6 Å². The first kappa shape index (κ1) is 14.5. The molecule has 0 aromatic carbocycles. The summed E-state index contributed by atoms with van der Waals surface area (Å²) in [5.74, 6) is 0.944. The Morgan fingerprint density at radius 2 is 2.24 bits per heavy atom. The highest BCUT2D eigenvalue weighted by molar-refractivity contribution is 4.88. The van der Waals surface area contributed by atoms with Crippen molar-refractivity contribution in [1.29, 1.82) is 5.26 Å². The van der Waals surface area contributed by atoms with Crippen molar-refractivity contribution in [3.8, 4) is 6.07 Å². The fourth-order valence-corrected chi connectivity index (χ4v) is 2.57. The van der Waals surface area contributed by atoms with Crippen molar-refractivity contribution in [2.75, 3.05) is 33.2 Å². The van der Waals surface area contributed by atoms with E-state index in [4.69, 9.17) is 5.26 Å². The van der Waals surface area contributed by atoms with Gasteiger partial charge >= 0.3 is 0 Å². The number of nitrogens with one attached hydrogen (secondary N) is 1. The molecule has 0 aromatic rings. The fourth-order valence-electron chi connectivity index (χ4n) is 2.57. The van der Waals surface area contributed by atoms with Crippen molar-refractivity contribution in [3.63, 3.8) is 0 Å². The molecule has 1 heterocycles. The lowest BCUT2D eigenvalue weighted by molar-refractivity contribution is 0.205. The quantitative estimate of drug-likeness (QED) is 0.769. The summed E-state index contributed by atoms with van der Waals surface area (Å²) in [6.07, 6.45) is 2.25. The van der Waals surface area contributed by atoms with Crippen LogP contribution in [0.5, 0.6) is 0 Å². The Bertz CT molecular complexity index is 267. The van der Waals surface area contributed by atoms with Crippen LogP contribution in [0.25, 0.3) is 0 Å². The zero-order chi connectivity index (χ0) is 12.9. The largest absolute Gasteiger partial charge is 0.315 e. The standard InChI is InChI=1S/C14H27N3/c1-5-12(8-15)9-16-11-14(2,3)13-6-7-17(4)10-13/h12-13,16H,5-7,9-11H2,1-4H3. The molecule has 0 aliphatic carbocycles. The van der Waals surface area contributed by atoms with Gasteiger partial charge in [-0.3, -0.25) is 0 Å². The first-order valence-corrected chi connectivity index (χ1v) is 6.78. The van der Waals surface area contributed by atoms with Crippen LogP contribution in [0.15, 0.2) is 0 Å². The van der Waals surface area contributed by atoms with E-state index in [1.807, 2.05) is 0 Å². The van der Waals surface area contributed by atoms with Gasteiger partial charge in [0.25, 0.3) is 0 Å². The second kappa shape index (κ2) is 6.37. The van der Waals surface area contributed by atoms with Gasteiger partial charge in [0.05, 0.1) is 12.0 Å². The second-order valence-corrected chi connectivity index (χ2v) is 6.10. The molecule has 1 fully saturated rings. The Hall–Kier alpha value is -0.590. The fraction of sp³-hybridized carbons (Fsp3) is 0.929. The Kier molecular flexibility index (Phi) is 5.42. The molecule has 0 saturated carbocycles. The van der Waals surface area contributed by atoms with Gasteiger partial charge in [-0.15, -0.1) is 0 Å². The van der Waals surface area contributed by atoms with Crippen molar-refractivity contribution < 1.29 is 0 Å². The number of likely N-dealkylation sites (tertiary alicyclic amines) is 1. The Morgan fingerprint density at radius 1 is 1.53 bits per heavy atom. The normalized spacial score (nSPS) is 23.6. The van der Waals surface area contributed by atoms with Crippen LogP contribution in [0.4, 0.5) is 0 Å². The molecule has 1 aliphatic rings. The van der Waals surface area contributed by atoms with E-state index in [9.17, 15) is 0 Å². The van der Waals surface area contributed by atoms with Crippen molar-refractivity contribution >= 4 is 0 Å². The molecule has 3 heteroatoms. The molecule has 1 N–H and O–H groups in total. The highest BCUT2D eigenvalue weighted by Gasteiger charge is 2.33. The average Bonchev–Trinajstić information content (AvgIpc) is 2.72. The number of nitriles is 1. The van der Waals surface area contributed by atoms with Crippen LogP contribution in [0.3, 0.4) is 0 Å². The summed E-state index contributed by atoms with van der Waals surface area (Å²) >= 11 is 0. The molecule has 0 aromatic heterocycles. The second-order valence-electron chi connectivity index (χ2n) is 6.10. The van der Waals surface area contributed by atoms with Crippen LogP contribution in [0.1, 0.15) is 33.6 Å². The summed E-state index contributed by atoms with van der Waals surface area (Å²) in [7, 11) is 2.20. The van der Waals surface area contributed by atoms with E-state index < -0.39 is 0 Å². The lowest BCUT2D eigenvalue weighted by Gasteiger charge is -2.32. The van der Waals surface area contributed by atoms with E-state index in [2.05, 4.69) is 44.1 Å². The minimum atomic E-state index is 0.164. The van der Waals surface area contributed by atoms with Crippen molar-refractivity contribution in [1.82, 2.24) is 10.2 Å². The molecule has 17 heavy (non-hydrogen) atoms. The van der Waals surface area contributed by atoms with Gasteiger partial charge in [-0.25, -0.2) is 0 Å². The molecule has 1 saturated heterocycles. The van der Waals surface area contributed by atoms with E-state index in [1.54, 1.807) is 0 Å². The van der Waals surface area contributed by atoms with Crippen LogP contribution in [0.2, 0.25) is 0 Å². The lowest BCUT2D eigenvalue weighted by atomic mass is 9.78. The van der Waals surface area contributed by atoms with Gasteiger partial charge in [0, 0.05) is 19.6 Å². The first-order chi connectivity index (χ1) is 7.99. The molecule has 98 valence electrons. The van der Waals surface area contributed by atoms with Gasteiger partial charge in [-0.2, -0.15) is 5.26 Å². The highest BCUT2D eigenvalue weighted by atomic mass is 15.1. The van der Waals surface area contributed by atoms with Crippen molar-refractivity contribution in [3.05, 3.63) is 0 Å². The zero-order valence-corrected chi connectivity index (χ0v) is 11.8. The molecular formula is C14H27N3. The molecule has 1 aliphatic heterocycles. The molecule has 2 unspecified atom stereocenters. The number of hydrogen-bond donors (Lipinski definition) is 1. The Labute approximate surface area is 106 Å². The van der Waals surface area contributed by atoms with E-state index in [0.29, 0.717) is 5.41 Å². The van der Waals surface area contributed by atoms with Crippen molar-refractivity contribution in [2.45, 2.75) is 33.6 Å². The smallest absolute Gasteiger partial charge is 0.0669 e. The SMILES string of the molecule is CCC(C#N)CNCC(C)(C)C1CCN(C)C1. The number of hydrogen-bond acceptors (Lipinski definition) is 3.